The van der Waals surface area contributed by atoms with Gasteiger partial charge in [0.2, 0.25) is 5.91 Å². The maximum Gasteiger partial charge on any atom is 0.326 e. The van der Waals surface area contributed by atoms with Gasteiger partial charge in [-0.05, 0) is 18.2 Å². The molecule has 0 aliphatic heterocycles. The number of carbonyl (C=O) groups excluding carboxylic acids is 2. The van der Waals surface area contributed by atoms with Gasteiger partial charge >= 0.3 is 5.97 Å². The molecule has 1 rings (SSSR count). The van der Waals surface area contributed by atoms with E-state index in [1.165, 1.54) is 12.1 Å². The topological polar surface area (TPSA) is 109 Å². The van der Waals surface area contributed by atoms with Gasteiger partial charge in [0.15, 0.2) is 0 Å². The van der Waals surface area contributed by atoms with E-state index in [1.807, 2.05) is 0 Å². The van der Waals surface area contributed by atoms with Crippen LogP contribution in [0.4, 0.5) is 0 Å². The van der Waals surface area contributed by atoms with Crippen LogP contribution in [0.1, 0.15) is 16.8 Å². The summed E-state index contributed by atoms with van der Waals surface area (Å²) in [6.45, 7) is 0. The van der Waals surface area contributed by atoms with Gasteiger partial charge in [0.25, 0.3) is 5.91 Å². The lowest BCUT2D eigenvalue weighted by Gasteiger charge is -2.13. The molecule has 0 aliphatic carbocycles. The molecule has 1 aromatic carbocycles. The number of carboxylic acids is 1. The van der Waals surface area contributed by atoms with Crippen LogP contribution < -0.4 is 11.1 Å². The number of halogens is 2. The van der Waals surface area contributed by atoms with Gasteiger partial charge in [0.05, 0.1) is 6.42 Å². The van der Waals surface area contributed by atoms with Gasteiger partial charge in [0, 0.05) is 15.1 Å². The molecule has 1 unspecified atom stereocenters. The molecule has 19 heavy (non-hydrogen) atoms. The lowest BCUT2D eigenvalue weighted by Crippen LogP contribution is -2.43. The van der Waals surface area contributed by atoms with Crippen molar-refractivity contribution in [1.82, 2.24) is 5.32 Å². The molecule has 0 spiro atoms. The zero-order chi connectivity index (χ0) is 14.6. The van der Waals surface area contributed by atoms with Gasteiger partial charge in [-0.1, -0.05) is 27.5 Å². The molecule has 0 bridgehead atoms. The Morgan fingerprint density at radius 3 is 2.47 bits per heavy atom. The Bertz CT molecular complexity index is 515. The highest BCUT2D eigenvalue weighted by Crippen LogP contribution is 2.19. The van der Waals surface area contributed by atoms with Gasteiger partial charge in [0.1, 0.15) is 6.04 Å². The van der Waals surface area contributed by atoms with E-state index in [1.54, 1.807) is 6.07 Å². The lowest BCUT2D eigenvalue weighted by atomic mass is 10.1. The molecule has 0 saturated heterocycles. The second kappa shape index (κ2) is 6.53. The summed E-state index contributed by atoms with van der Waals surface area (Å²) in [6, 6.07) is 3.06. The first kappa shape index (κ1) is 15.5. The number of primary amides is 1. The molecule has 102 valence electrons. The van der Waals surface area contributed by atoms with Crippen LogP contribution in [0, 0.1) is 0 Å². The Hall–Kier alpha value is -1.60. The van der Waals surface area contributed by atoms with Crippen LogP contribution in [0.2, 0.25) is 5.02 Å². The van der Waals surface area contributed by atoms with Crippen molar-refractivity contribution >= 4 is 45.3 Å². The number of carboxylic acid groups (broad SMARTS) is 1. The summed E-state index contributed by atoms with van der Waals surface area (Å²) < 4.78 is 0.576. The molecule has 4 N–H and O–H groups in total. The minimum absolute atomic E-state index is 0.176. The summed E-state index contributed by atoms with van der Waals surface area (Å²) in [6.07, 6.45) is -0.483. The molecular weight excluding hydrogens is 339 g/mol. The number of hydrogen-bond acceptors (Lipinski definition) is 3. The van der Waals surface area contributed by atoms with Crippen LogP contribution in [0.5, 0.6) is 0 Å². The molecular formula is C11H10BrClN2O4. The maximum absolute atomic E-state index is 11.8. The SMILES string of the molecule is NC(=O)CC(NC(=O)c1cc(Cl)cc(Br)c1)C(=O)O. The Labute approximate surface area is 122 Å². The lowest BCUT2D eigenvalue weighted by molar-refractivity contribution is -0.140. The minimum Gasteiger partial charge on any atom is -0.480 e. The molecule has 2 amide bonds. The molecule has 0 saturated carbocycles. The van der Waals surface area contributed by atoms with Gasteiger partial charge in [-0.2, -0.15) is 0 Å². The molecule has 1 atom stereocenters. The predicted molar refractivity (Wildman–Crippen MR) is 71.9 cm³/mol. The fourth-order valence-electron chi connectivity index (χ4n) is 1.33. The highest BCUT2D eigenvalue weighted by Gasteiger charge is 2.22. The van der Waals surface area contributed by atoms with E-state index < -0.39 is 30.2 Å². The van der Waals surface area contributed by atoms with Crippen LogP contribution in [-0.2, 0) is 9.59 Å². The van der Waals surface area contributed by atoms with E-state index in [-0.39, 0.29) is 5.56 Å². The van der Waals surface area contributed by atoms with Crippen LogP contribution in [0.3, 0.4) is 0 Å². The van der Waals surface area contributed by atoms with E-state index >= 15 is 0 Å². The fraction of sp³-hybridized carbons (Fsp3) is 0.182. The van der Waals surface area contributed by atoms with E-state index in [4.69, 9.17) is 22.4 Å². The van der Waals surface area contributed by atoms with Crippen molar-refractivity contribution < 1.29 is 19.5 Å². The first-order chi connectivity index (χ1) is 8.79. The highest BCUT2D eigenvalue weighted by molar-refractivity contribution is 9.10. The fourth-order valence-corrected chi connectivity index (χ4v) is 2.19. The van der Waals surface area contributed by atoms with Gasteiger partial charge in [-0.25, -0.2) is 4.79 Å². The van der Waals surface area contributed by atoms with Crippen LogP contribution in [0.25, 0.3) is 0 Å². The first-order valence-electron chi connectivity index (χ1n) is 5.07. The third kappa shape index (κ3) is 4.88. The van der Waals surface area contributed by atoms with Crippen molar-refractivity contribution in [3.63, 3.8) is 0 Å². The molecule has 8 heteroatoms. The van der Waals surface area contributed by atoms with Crippen molar-refractivity contribution in [3.05, 3.63) is 33.3 Å². The zero-order valence-electron chi connectivity index (χ0n) is 9.52. The third-order valence-electron chi connectivity index (χ3n) is 2.13. The van der Waals surface area contributed by atoms with Crippen molar-refractivity contribution in [2.45, 2.75) is 12.5 Å². The number of aliphatic carboxylic acids is 1. The van der Waals surface area contributed by atoms with Gasteiger partial charge in [-0.3, -0.25) is 9.59 Å². The van der Waals surface area contributed by atoms with Crippen molar-refractivity contribution in [3.8, 4) is 0 Å². The maximum atomic E-state index is 11.8. The van der Waals surface area contributed by atoms with Crippen molar-refractivity contribution in [2.75, 3.05) is 0 Å². The van der Waals surface area contributed by atoms with Gasteiger partial charge < -0.3 is 16.2 Å². The Kier molecular flexibility index (Phi) is 5.31. The second-order valence-corrected chi connectivity index (χ2v) is 5.04. The molecule has 0 aliphatic rings. The molecule has 0 fully saturated rings. The van der Waals surface area contributed by atoms with Crippen molar-refractivity contribution in [2.24, 2.45) is 5.73 Å². The number of nitrogens with two attached hydrogens (primary N) is 1. The number of nitrogens with one attached hydrogen (secondary N) is 1. The average Bonchev–Trinajstić information content (AvgIpc) is 2.25. The van der Waals surface area contributed by atoms with E-state index in [0.717, 1.165) is 0 Å². The van der Waals surface area contributed by atoms with Crippen molar-refractivity contribution in [1.29, 1.82) is 0 Å². The minimum atomic E-state index is -1.37. The molecule has 0 radical (unpaired) electrons. The van der Waals surface area contributed by atoms with E-state index in [2.05, 4.69) is 21.2 Å². The average molecular weight is 350 g/mol. The molecule has 0 heterocycles. The van der Waals surface area contributed by atoms with Crippen LogP contribution >= 0.6 is 27.5 Å². The molecule has 0 aromatic heterocycles. The van der Waals surface area contributed by atoms with Crippen LogP contribution in [0.15, 0.2) is 22.7 Å². The highest BCUT2D eigenvalue weighted by atomic mass is 79.9. The summed E-state index contributed by atoms with van der Waals surface area (Å²) in [5, 5.41) is 11.4. The third-order valence-corrected chi connectivity index (χ3v) is 2.81. The Morgan fingerprint density at radius 1 is 1.37 bits per heavy atom. The number of benzene rings is 1. The second-order valence-electron chi connectivity index (χ2n) is 3.69. The van der Waals surface area contributed by atoms with E-state index in [0.29, 0.717) is 9.50 Å². The number of amides is 2. The van der Waals surface area contributed by atoms with Crippen LogP contribution in [-0.4, -0.2) is 28.9 Å². The standard InChI is InChI=1S/C11H10BrClN2O4/c12-6-1-5(2-7(13)3-6)10(17)15-8(11(18)19)4-9(14)16/h1-3,8H,4H2,(H2,14,16)(H,15,17)(H,18,19). The monoisotopic (exact) mass is 348 g/mol. The summed E-state index contributed by atoms with van der Waals surface area (Å²) in [5.41, 5.74) is 5.09. The number of carbonyl (C=O) groups is 3. The quantitative estimate of drug-likeness (QED) is 0.741. The summed E-state index contributed by atoms with van der Waals surface area (Å²) in [5.74, 6) is -2.81. The van der Waals surface area contributed by atoms with Gasteiger partial charge in [-0.15, -0.1) is 0 Å². The summed E-state index contributed by atoms with van der Waals surface area (Å²) in [7, 11) is 0. The zero-order valence-corrected chi connectivity index (χ0v) is 11.9. The Balaban J connectivity index is 2.87. The number of rotatable bonds is 5. The predicted octanol–water partition coefficient (Wildman–Crippen LogP) is 1.16. The summed E-state index contributed by atoms with van der Waals surface area (Å²) >= 11 is 8.94. The number of hydrogen-bond donors (Lipinski definition) is 3. The normalized spacial score (nSPS) is 11.7. The molecule has 6 nitrogen and oxygen atoms in total. The largest absolute Gasteiger partial charge is 0.480 e. The first-order valence-corrected chi connectivity index (χ1v) is 6.24. The smallest absolute Gasteiger partial charge is 0.326 e. The van der Waals surface area contributed by atoms with E-state index in [9.17, 15) is 14.4 Å². The Morgan fingerprint density at radius 2 is 2.00 bits per heavy atom. The molecule has 1 aromatic rings. The summed E-state index contributed by atoms with van der Waals surface area (Å²) in [4.78, 5) is 33.4.